The highest BCUT2D eigenvalue weighted by Crippen LogP contribution is 2.22. The molecule has 1 aromatic rings. The number of nitrogens with zero attached hydrogens (tertiary/aromatic N) is 2. The van der Waals surface area contributed by atoms with Gasteiger partial charge in [0, 0.05) is 50.5 Å². The Labute approximate surface area is 143 Å². The molecule has 1 aliphatic heterocycles. The standard InChI is InChI=1S/C18H26N4O2/c1-14(23)21-9-11-22(12-10-21)17-8-4-7-16(13-17)20-18(24)19-15-5-2-3-6-15/h4,7-8,13,15H,2-3,5-6,9-12H2,1H3,(H2,19,20,24). The van der Waals surface area contributed by atoms with Crippen molar-refractivity contribution in [3.63, 3.8) is 0 Å². The van der Waals surface area contributed by atoms with Crippen LogP contribution in [0.15, 0.2) is 24.3 Å². The Kier molecular flexibility index (Phi) is 5.23. The Balaban J connectivity index is 1.56. The maximum absolute atomic E-state index is 12.1. The quantitative estimate of drug-likeness (QED) is 0.894. The van der Waals surface area contributed by atoms with E-state index in [1.807, 2.05) is 29.2 Å². The van der Waals surface area contributed by atoms with Crippen LogP contribution in [0.1, 0.15) is 32.6 Å². The Hall–Kier alpha value is -2.24. The molecule has 1 aliphatic carbocycles. The van der Waals surface area contributed by atoms with E-state index in [1.54, 1.807) is 6.92 Å². The van der Waals surface area contributed by atoms with Crippen LogP contribution in [0, 0.1) is 0 Å². The molecule has 6 heteroatoms. The van der Waals surface area contributed by atoms with Gasteiger partial charge >= 0.3 is 6.03 Å². The maximum Gasteiger partial charge on any atom is 0.319 e. The molecular formula is C18H26N4O2. The Morgan fingerprint density at radius 1 is 1.08 bits per heavy atom. The summed E-state index contributed by atoms with van der Waals surface area (Å²) in [6, 6.07) is 8.09. The molecule has 0 bridgehead atoms. The third kappa shape index (κ3) is 4.19. The van der Waals surface area contributed by atoms with Gasteiger partial charge < -0.3 is 20.4 Å². The van der Waals surface area contributed by atoms with E-state index < -0.39 is 0 Å². The molecule has 1 saturated carbocycles. The first-order valence-corrected chi connectivity index (χ1v) is 8.80. The average Bonchev–Trinajstić information content (AvgIpc) is 3.08. The second kappa shape index (κ2) is 7.55. The van der Waals surface area contributed by atoms with Crippen molar-refractivity contribution in [1.29, 1.82) is 0 Å². The molecule has 2 aliphatic rings. The van der Waals surface area contributed by atoms with E-state index in [2.05, 4.69) is 15.5 Å². The van der Waals surface area contributed by atoms with E-state index in [1.165, 1.54) is 12.8 Å². The highest BCUT2D eigenvalue weighted by Gasteiger charge is 2.20. The lowest BCUT2D eigenvalue weighted by molar-refractivity contribution is -0.129. The third-order valence-electron chi connectivity index (χ3n) is 4.88. The van der Waals surface area contributed by atoms with Crippen LogP contribution < -0.4 is 15.5 Å². The first-order valence-electron chi connectivity index (χ1n) is 8.80. The predicted octanol–water partition coefficient (Wildman–Crippen LogP) is 2.42. The molecule has 3 rings (SSSR count). The number of urea groups is 1. The summed E-state index contributed by atoms with van der Waals surface area (Å²) < 4.78 is 0. The van der Waals surface area contributed by atoms with Crippen molar-refractivity contribution in [3.05, 3.63) is 24.3 Å². The highest BCUT2D eigenvalue weighted by atomic mass is 16.2. The lowest BCUT2D eigenvalue weighted by atomic mass is 10.2. The van der Waals surface area contributed by atoms with Crippen molar-refractivity contribution in [2.45, 2.75) is 38.6 Å². The van der Waals surface area contributed by atoms with E-state index in [4.69, 9.17) is 0 Å². The van der Waals surface area contributed by atoms with Crippen LogP contribution in [0.25, 0.3) is 0 Å². The lowest BCUT2D eigenvalue weighted by Crippen LogP contribution is -2.48. The van der Waals surface area contributed by atoms with E-state index in [0.29, 0.717) is 6.04 Å². The number of carbonyl (C=O) groups is 2. The Morgan fingerprint density at radius 2 is 1.79 bits per heavy atom. The number of rotatable bonds is 3. The normalized spacial score (nSPS) is 18.5. The minimum absolute atomic E-state index is 0.125. The van der Waals surface area contributed by atoms with Gasteiger partial charge in [0.25, 0.3) is 0 Å². The van der Waals surface area contributed by atoms with Crippen molar-refractivity contribution in [2.75, 3.05) is 36.4 Å². The molecule has 0 radical (unpaired) electrons. The van der Waals surface area contributed by atoms with Gasteiger partial charge in [-0.2, -0.15) is 0 Å². The molecule has 130 valence electrons. The fourth-order valence-electron chi connectivity index (χ4n) is 3.48. The number of benzene rings is 1. The molecule has 0 spiro atoms. The summed E-state index contributed by atoms with van der Waals surface area (Å²) >= 11 is 0. The predicted molar refractivity (Wildman–Crippen MR) is 95.3 cm³/mol. The van der Waals surface area contributed by atoms with E-state index in [9.17, 15) is 9.59 Å². The monoisotopic (exact) mass is 330 g/mol. The number of hydrogen-bond donors (Lipinski definition) is 2. The molecule has 1 saturated heterocycles. The van der Waals surface area contributed by atoms with Crippen LogP contribution in [0.4, 0.5) is 16.2 Å². The fraction of sp³-hybridized carbons (Fsp3) is 0.556. The van der Waals surface area contributed by atoms with Gasteiger partial charge in [-0.15, -0.1) is 0 Å². The SMILES string of the molecule is CC(=O)N1CCN(c2cccc(NC(=O)NC3CCCC3)c2)CC1. The van der Waals surface area contributed by atoms with Crippen LogP contribution in [0.5, 0.6) is 0 Å². The van der Waals surface area contributed by atoms with E-state index in [0.717, 1.165) is 50.4 Å². The van der Waals surface area contributed by atoms with Crippen molar-refractivity contribution in [3.8, 4) is 0 Å². The zero-order valence-corrected chi connectivity index (χ0v) is 14.3. The van der Waals surface area contributed by atoms with E-state index >= 15 is 0 Å². The number of carbonyl (C=O) groups excluding carboxylic acids is 2. The van der Waals surface area contributed by atoms with Gasteiger partial charge in [-0.3, -0.25) is 4.79 Å². The zero-order chi connectivity index (χ0) is 16.9. The molecule has 1 aromatic carbocycles. The van der Waals surface area contributed by atoms with Crippen LogP contribution in [0.3, 0.4) is 0 Å². The molecule has 1 heterocycles. The number of nitrogens with one attached hydrogen (secondary N) is 2. The molecule has 0 atom stereocenters. The summed E-state index contributed by atoms with van der Waals surface area (Å²) in [5.41, 5.74) is 1.88. The van der Waals surface area contributed by atoms with Gasteiger partial charge in [-0.25, -0.2) is 4.79 Å². The molecule has 24 heavy (non-hydrogen) atoms. The molecule has 2 fully saturated rings. The minimum atomic E-state index is -0.125. The molecule has 0 unspecified atom stereocenters. The van der Waals surface area contributed by atoms with Crippen LogP contribution in [-0.4, -0.2) is 49.1 Å². The van der Waals surface area contributed by atoms with Gasteiger partial charge in [-0.1, -0.05) is 18.9 Å². The van der Waals surface area contributed by atoms with E-state index in [-0.39, 0.29) is 11.9 Å². The topological polar surface area (TPSA) is 64.7 Å². The van der Waals surface area contributed by atoms with Crippen LogP contribution in [-0.2, 0) is 4.79 Å². The molecule has 6 nitrogen and oxygen atoms in total. The van der Waals surface area contributed by atoms with Crippen LogP contribution >= 0.6 is 0 Å². The zero-order valence-electron chi connectivity index (χ0n) is 14.3. The largest absolute Gasteiger partial charge is 0.368 e. The Bertz CT molecular complexity index is 590. The van der Waals surface area contributed by atoms with Gasteiger partial charge in [-0.05, 0) is 31.0 Å². The number of hydrogen-bond acceptors (Lipinski definition) is 3. The van der Waals surface area contributed by atoms with Crippen molar-refractivity contribution < 1.29 is 9.59 Å². The second-order valence-corrected chi connectivity index (χ2v) is 6.62. The first-order chi connectivity index (χ1) is 11.6. The van der Waals surface area contributed by atoms with Crippen molar-refractivity contribution in [2.24, 2.45) is 0 Å². The summed E-state index contributed by atoms with van der Waals surface area (Å²) in [5.74, 6) is 0.133. The number of anilines is 2. The summed E-state index contributed by atoms with van der Waals surface area (Å²) in [7, 11) is 0. The third-order valence-corrected chi connectivity index (χ3v) is 4.88. The van der Waals surface area contributed by atoms with Gasteiger partial charge in [0.2, 0.25) is 5.91 Å². The highest BCUT2D eigenvalue weighted by molar-refractivity contribution is 5.90. The summed E-state index contributed by atoms with van der Waals surface area (Å²) in [6.07, 6.45) is 4.56. The number of amides is 3. The molecular weight excluding hydrogens is 304 g/mol. The Morgan fingerprint density at radius 3 is 2.46 bits per heavy atom. The van der Waals surface area contributed by atoms with Gasteiger partial charge in [0.15, 0.2) is 0 Å². The van der Waals surface area contributed by atoms with Gasteiger partial charge in [0.1, 0.15) is 0 Å². The average molecular weight is 330 g/mol. The summed E-state index contributed by atoms with van der Waals surface area (Å²) in [5, 5.41) is 5.97. The lowest BCUT2D eigenvalue weighted by Gasteiger charge is -2.35. The summed E-state index contributed by atoms with van der Waals surface area (Å²) in [6.45, 7) is 4.74. The molecule has 3 amide bonds. The van der Waals surface area contributed by atoms with Crippen molar-refractivity contribution >= 4 is 23.3 Å². The fourth-order valence-corrected chi connectivity index (χ4v) is 3.48. The molecule has 0 aromatic heterocycles. The second-order valence-electron chi connectivity index (χ2n) is 6.62. The van der Waals surface area contributed by atoms with Crippen molar-refractivity contribution in [1.82, 2.24) is 10.2 Å². The van der Waals surface area contributed by atoms with Gasteiger partial charge in [0.05, 0.1) is 0 Å². The molecule has 2 N–H and O–H groups in total. The summed E-state index contributed by atoms with van der Waals surface area (Å²) in [4.78, 5) is 27.6. The maximum atomic E-state index is 12.1. The smallest absolute Gasteiger partial charge is 0.319 e. The minimum Gasteiger partial charge on any atom is -0.368 e. The number of piperazine rings is 1. The van der Waals surface area contributed by atoms with Crippen LogP contribution in [0.2, 0.25) is 0 Å². The first kappa shape index (κ1) is 16.6.